The Morgan fingerprint density at radius 2 is 2.62 bits per heavy atom. The molecule has 0 aromatic rings. The van der Waals surface area contributed by atoms with Crippen LogP contribution in [0.1, 0.15) is 6.42 Å². The van der Waals surface area contributed by atoms with Gasteiger partial charge in [-0.15, -0.1) is 0 Å². The zero-order valence-electron chi connectivity index (χ0n) is 4.76. The van der Waals surface area contributed by atoms with Gasteiger partial charge in [0.15, 0.2) is 0 Å². The van der Waals surface area contributed by atoms with Gasteiger partial charge in [0.25, 0.3) is 0 Å². The summed E-state index contributed by atoms with van der Waals surface area (Å²) in [5.74, 6) is 3.22. The maximum absolute atomic E-state index is 6.58. The van der Waals surface area contributed by atoms with Crippen molar-refractivity contribution in [1.82, 2.24) is 0 Å². The van der Waals surface area contributed by atoms with Crippen LogP contribution in [0.2, 0.25) is 0 Å². The Labute approximate surface area is 54.3 Å². The Morgan fingerprint density at radius 1 is 1.75 bits per heavy atom. The van der Waals surface area contributed by atoms with E-state index in [2.05, 4.69) is 4.85 Å². The summed E-state index contributed by atoms with van der Waals surface area (Å²) in [6.07, 6.45) is 1.27. The van der Waals surface area contributed by atoms with E-state index in [1.165, 1.54) is 17.9 Å². The van der Waals surface area contributed by atoms with Crippen LogP contribution < -0.4 is 0 Å². The van der Waals surface area contributed by atoms with E-state index in [4.69, 9.17) is 6.57 Å². The second kappa shape index (κ2) is 2.99. The molecule has 0 radical (unpaired) electrons. The van der Waals surface area contributed by atoms with Crippen molar-refractivity contribution in [2.75, 3.05) is 18.1 Å². The number of hydrogen-bond donors (Lipinski definition) is 0. The third-order valence-electron chi connectivity index (χ3n) is 1.37. The average molecular weight is 127 g/mol. The van der Waals surface area contributed by atoms with Crippen LogP contribution >= 0.6 is 11.8 Å². The largest absolute Gasteiger partial charge is 0.317 e. The highest BCUT2D eigenvalue weighted by atomic mass is 32.2. The summed E-state index contributed by atoms with van der Waals surface area (Å²) in [5, 5.41) is 0. The van der Waals surface area contributed by atoms with Gasteiger partial charge in [0, 0.05) is 11.7 Å². The number of rotatable bonds is 1. The van der Waals surface area contributed by atoms with Gasteiger partial charge in [-0.3, -0.25) is 0 Å². The first-order chi connectivity index (χ1) is 3.93. The van der Waals surface area contributed by atoms with Crippen molar-refractivity contribution in [3.8, 4) is 0 Å². The molecular formula is C6H9NS. The summed E-state index contributed by atoms with van der Waals surface area (Å²) in [6, 6.07) is 0. The maximum Gasteiger partial charge on any atom is 0.218 e. The molecule has 44 valence electrons. The summed E-state index contributed by atoms with van der Waals surface area (Å²) in [5.41, 5.74) is 0. The number of nitrogens with zero attached hydrogens (tertiary/aromatic N) is 1. The van der Waals surface area contributed by atoms with E-state index in [-0.39, 0.29) is 0 Å². The summed E-state index contributed by atoms with van der Waals surface area (Å²) in [7, 11) is 0. The highest BCUT2D eigenvalue weighted by molar-refractivity contribution is 7.99. The van der Waals surface area contributed by atoms with Crippen molar-refractivity contribution in [3.05, 3.63) is 11.4 Å². The van der Waals surface area contributed by atoms with Crippen molar-refractivity contribution in [3.63, 3.8) is 0 Å². The topological polar surface area (TPSA) is 4.36 Å². The Kier molecular flexibility index (Phi) is 2.23. The molecule has 1 aliphatic rings. The lowest BCUT2D eigenvalue weighted by Gasteiger charge is -1.93. The molecule has 1 atom stereocenters. The highest BCUT2D eigenvalue weighted by Crippen LogP contribution is 2.23. The molecule has 1 aliphatic heterocycles. The minimum atomic E-state index is 0.720. The van der Waals surface area contributed by atoms with Crippen LogP contribution in [-0.2, 0) is 0 Å². The molecule has 0 aromatic heterocycles. The number of hydrogen-bond acceptors (Lipinski definition) is 1. The zero-order chi connectivity index (χ0) is 5.82. The first-order valence-electron chi connectivity index (χ1n) is 2.84. The van der Waals surface area contributed by atoms with E-state index in [1.807, 2.05) is 11.8 Å². The van der Waals surface area contributed by atoms with Crippen LogP contribution in [0.25, 0.3) is 4.85 Å². The van der Waals surface area contributed by atoms with Crippen molar-refractivity contribution in [2.24, 2.45) is 5.92 Å². The van der Waals surface area contributed by atoms with Crippen LogP contribution in [0.15, 0.2) is 0 Å². The molecule has 0 N–H and O–H groups in total. The quantitative estimate of drug-likeness (QED) is 0.485. The third kappa shape index (κ3) is 1.41. The molecule has 1 heterocycles. The van der Waals surface area contributed by atoms with E-state index in [0.717, 1.165) is 12.5 Å². The molecule has 1 nitrogen and oxygen atoms in total. The Balaban J connectivity index is 2.17. The van der Waals surface area contributed by atoms with E-state index in [0.29, 0.717) is 0 Å². The fourth-order valence-electron chi connectivity index (χ4n) is 0.856. The molecule has 0 bridgehead atoms. The smallest absolute Gasteiger partial charge is 0.218 e. The van der Waals surface area contributed by atoms with Gasteiger partial charge < -0.3 is 4.85 Å². The first kappa shape index (κ1) is 5.97. The molecule has 1 rings (SSSR count). The van der Waals surface area contributed by atoms with E-state index >= 15 is 0 Å². The lowest BCUT2D eigenvalue weighted by atomic mass is 10.1. The van der Waals surface area contributed by atoms with E-state index < -0.39 is 0 Å². The van der Waals surface area contributed by atoms with Gasteiger partial charge in [-0.1, -0.05) is 0 Å². The van der Waals surface area contributed by atoms with Crippen LogP contribution in [0, 0.1) is 12.5 Å². The van der Waals surface area contributed by atoms with Gasteiger partial charge >= 0.3 is 0 Å². The second-order valence-electron chi connectivity index (χ2n) is 2.07. The average Bonchev–Trinajstić information content (AvgIpc) is 2.19. The Hall–Kier alpha value is -0.160. The molecule has 0 aromatic carbocycles. The molecule has 0 aliphatic carbocycles. The number of thioether (sulfide) groups is 1. The SMILES string of the molecule is [C-]#[N+]CC1CCSC1. The molecular weight excluding hydrogens is 118 g/mol. The van der Waals surface area contributed by atoms with Gasteiger partial charge in [-0.2, -0.15) is 11.8 Å². The fourth-order valence-corrected chi connectivity index (χ4v) is 2.13. The molecule has 0 saturated carbocycles. The Morgan fingerprint density at radius 3 is 3.12 bits per heavy atom. The third-order valence-corrected chi connectivity index (χ3v) is 2.60. The van der Waals surface area contributed by atoms with Gasteiger partial charge in [0.1, 0.15) is 0 Å². The van der Waals surface area contributed by atoms with Crippen molar-refractivity contribution < 1.29 is 0 Å². The Bertz CT molecular complexity index is 99.6. The lowest BCUT2D eigenvalue weighted by Crippen LogP contribution is -1.99. The molecule has 2 heteroatoms. The van der Waals surface area contributed by atoms with Gasteiger partial charge in [0.05, 0.1) is 0 Å². The van der Waals surface area contributed by atoms with Gasteiger partial charge in [-0.05, 0) is 12.2 Å². The lowest BCUT2D eigenvalue weighted by molar-refractivity contribution is 0.649. The molecule has 1 saturated heterocycles. The van der Waals surface area contributed by atoms with E-state index in [9.17, 15) is 0 Å². The highest BCUT2D eigenvalue weighted by Gasteiger charge is 2.16. The van der Waals surface area contributed by atoms with Crippen molar-refractivity contribution >= 4 is 11.8 Å². The summed E-state index contributed by atoms with van der Waals surface area (Å²) >= 11 is 1.98. The maximum atomic E-state index is 6.58. The molecule has 8 heavy (non-hydrogen) atoms. The zero-order valence-corrected chi connectivity index (χ0v) is 5.58. The van der Waals surface area contributed by atoms with Crippen LogP contribution in [0.4, 0.5) is 0 Å². The monoisotopic (exact) mass is 127 g/mol. The first-order valence-corrected chi connectivity index (χ1v) is 4.00. The van der Waals surface area contributed by atoms with Crippen LogP contribution in [0.5, 0.6) is 0 Å². The van der Waals surface area contributed by atoms with Gasteiger partial charge in [0.2, 0.25) is 6.54 Å². The molecule has 1 fully saturated rings. The van der Waals surface area contributed by atoms with Crippen LogP contribution in [-0.4, -0.2) is 18.1 Å². The fraction of sp³-hybridized carbons (Fsp3) is 0.833. The summed E-state index contributed by atoms with van der Waals surface area (Å²) in [6.45, 7) is 7.34. The summed E-state index contributed by atoms with van der Waals surface area (Å²) < 4.78 is 0. The predicted octanol–water partition coefficient (Wildman–Crippen LogP) is 1.66. The standard InChI is InChI=1S/C6H9NS/c1-7-4-6-2-3-8-5-6/h6H,2-5H2. The normalized spacial score (nSPS) is 27.6. The minimum Gasteiger partial charge on any atom is -0.317 e. The van der Waals surface area contributed by atoms with Crippen molar-refractivity contribution in [2.45, 2.75) is 6.42 Å². The predicted molar refractivity (Wildman–Crippen MR) is 36.9 cm³/mol. The van der Waals surface area contributed by atoms with E-state index in [1.54, 1.807) is 0 Å². The summed E-state index contributed by atoms with van der Waals surface area (Å²) in [4.78, 5) is 3.35. The molecule has 0 amide bonds. The second-order valence-corrected chi connectivity index (χ2v) is 3.22. The van der Waals surface area contributed by atoms with Crippen LogP contribution in [0.3, 0.4) is 0 Å². The van der Waals surface area contributed by atoms with Crippen molar-refractivity contribution in [1.29, 1.82) is 0 Å². The minimum absolute atomic E-state index is 0.720. The van der Waals surface area contributed by atoms with Gasteiger partial charge in [-0.25, -0.2) is 6.57 Å². The molecule has 0 spiro atoms. The molecule has 1 unspecified atom stereocenters.